The van der Waals surface area contributed by atoms with Crippen LogP contribution in [0.25, 0.3) is 6.08 Å². The number of hydrogen-bond acceptors (Lipinski definition) is 4. The molecule has 0 aromatic heterocycles. The fourth-order valence-corrected chi connectivity index (χ4v) is 4.47. The van der Waals surface area contributed by atoms with Crippen LogP contribution in [-0.2, 0) is 14.6 Å². The van der Waals surface area contributed by atoms with Gasteiger partial charge in [-0.15, -0.1) is 0 Å². The second kappa shape index (κ2) is 6.72. The molecule has 1 heterocycles. The lowest BCUT2D eigenvalue weighted by Crippen LogP contribution is -2.62. The standard InChI is InChI=1S/C19H21F4NO4S/c1-17(2,3)28-16(25)24-10-18(11-24)8-13(9-18)4-12-5-14(20)7-15(6-12)29(26,27)19(21,22)23/h4-7H,8-11H2,1-3H3. The molecular formula is C19H21F4NO4S. The summed E-state index contributed by atoms with van der Waals surface area (Å²) in [4.78, 5) is 12.5. The number of alkyl halides is 3. The Balaban J connectivity index is 1.67. The quantitative estimate of drug-likeness (QED) is 0.640. The Bertz CT molecular complexity index is 961. The third kappa shape index (κ3) is 4.41. The first-order chi connectivity index (χ1) is 13.1. The normalized spacial score (nSPS) is 18.9. The molecule has 0 unspecified atom stereocenters. The first-order valence-corrected chi connectivity index (χ1v) is 10.4. The highest BCUT2D eigenvalue weighted by Gasteiger charge is 2.52. The molecule has 1 spiro atoms. The number of carbonyl (C=O) groups is 1. The minimum Gasteiger partial charge on any atom is -0.444 e. The molecule has 0 bridgehead atoms. The number of carbonyl (C=O) groups excluding carboxylic acids is 1. The van der Waals surface area contributed by atoms with E-state index in [9.17, 15) is 30.8 Å². The molecule has 1 saturated carbocycles. The second-order valence-electron chi connectivity index (χ2n) is 8.66. The van der Waals surface area contributed by atoms with Gasteiger partial charge in [-0.1, -0.05) is 11.6 Å². The molecule has 2 aliphatic rings. The lowest BCUT2D eigenvalue weighted by atomic mass is 9.60. The van der Waals surface area contributed by atoms with Crippen molar-refractivity contribution in [1.29, 1.82) is 0 Å². The van der Waals surface area contributed by atoms with Gasteiger partial charge in [0.05, 0.1) is 4.90 Å². The number of ether oxygens (including phenoxy) is 1. The van der Waals surface area contributed by atoms with Crippen LogP contribution in [0.1, 0.15) is 39.2 Å². The lowest BCUT2D eigenvalue weighted by molar-refractivity contribution is -0.0499. The summed E-state index contributed by atoms with van der Waals surface area (Å²) in [6.45, 7) is 6.34. The molecule has 1 saturated heterocycles. The Morgan fingerprint density at radius 2 is 1.72 bits per heavy atom. The SMILES string of the molecule is CC(C)(C)OC(=O)N1CC2(CC(=Cc3cc(F)cc(S(=O)(=O)C(F)(F)F)c3)C2)C1. The molecule has 3 rings (SSSR count). The predicted molar refractivity (Wildman–Crippen MR) is 97.1 cm³/mol. The minimum atomic E-state index is -5.62. The van der Waals surface area contributed by atoms with Gasteiger partial charge in [-0.2, -0.15) is 13.2 Å². The van der Waals surface area contributed by atoms with Crippen LogP contribution in [0.5, 0.6) is 0 Å². The highest BCUT2D eigenvalue weighted by Crippen LogP contribution is 2.52. The molecule has 29 heavy (non-hydrogen) atoms. The van der Waals surface area contributed by atoms with E-state index in [4.69, 9.17) is 4.74 Å². The molecule has 2 fully saturated rings. The molecule has 1 aromatic rings. The van der Waals surface area contributed by atoms with Crippen LogP contribution >= 0.6 is 0 Å². The predicted octanol–water partition coefficient (Wildman–Crippen LogP) is 4.53. The van der Waals surface area contributed by atoms with Crippen LogP contribution in [0, 0.1) is 11.2 Å². The summed E-state index contributed by atoms with van der Waals surface area (Å²) in [6.07, 6.45) is 2.31. The zero-order valence-corrected chi connectivity index (χ0v) is 17.0. The fraction of sp³-hybridized carbons (Fsp3) is 0.526. The van der Waals surface area contributed by atoms with Gasteiger partial charge in [0, 0.05) is 18.5 Å². The number of likely N-dealkylation sites (tertiary alicyclic amines) is 1. The molecular weight excluding hydrogens is 414 g/mol. The topological polar surface area (TPSA) is 63.7 Å². The molecule has 0 atom stereocenters. The Kier molecular flexibility index (Phi) is 5.00. The van der Waals surface area contributed by atoms with E-state index in [2.05, 4.69) is 0 Å². The highest BCUT2D eigenvalue weighted by molar-refractivity contribution is 7.92. The second-order valence-corrected chi connectivity index (χ2v) is 10.6. The van der Waals surface area contributed by atoms with Crippen LogP contribution in [0.15, 0.2) is 28.7 Å². The number of nitrogens with zero attached hydrogens (tertiary/aromatic N) is 1. The van der Waals surface area contributed by atoms with E-state index in [1.54, 1.807) is 25.7 Å². The number of amides is 1. The molecule has 1 aromatic carbocycles. The van der Waals surface area contributed by atoms with Crippen LogP contribution in [0.4, 0.5) is 22.4 Å². The van der Waals surface area contributed by atoms with Crippen molar-refractivity contribution in [1.82, 2.24) is 4.90 Å². The summed E-state index contributed by atoms with van der Waals surface area (Å²) in [5, 5.41) is 0. The highest BCUT2D eigenvalue weighted by atomic mass is 32.2. The van der Waals surface area contributed by atoms with E-state index < -0.39 is 37.8 Å². The van der Waals surface area contributed by atoms with Gasteiger partial charge < -0.3 is 9.64 Å². The van der Waals surface area contributed by atoms with Crippen molar-refractivity contribution in [2.75, 3.05) is 13.1 Å². The maximum Gasteiger partial charge on any atom is 0.501 e. The van der Waals surface area contributed by atoms with E-state index in [0.717, 1.165) is 17.7 Å². The van der Waals surface area contributed by atoms with Crippen LogP contribution in [0.2, 0.25) is 0 Å². The summed E-state index contributed by atoms with van der Waals surface area (Å²) in [5.41, 5.74) is -5.27. The number of rotatable bonds is 2. The average Bonchev–Trinajstić information content (AvgIpc) is 2.44. The van der Waals surface area contributed by atoms with Crippen molar-refractivity contribution >= 4 is 22.0 Å². The number of allylic oxidation sites excluding steroid dienone is 1. The van der Waals surface area contributed by atoms with Gasteiger partial charge in [0.1, 0.15) is 11.4 Å². The van der Waals surface area contributed by atoms with Crippen molar-refractivity contribution in [3.63, 3.8) is 0 Å². The van der Waals surface area contributed by atoms with Crippen molar-refractivity contribution in [3.05, 3.63) is 35.2 Å². The van der Waals surface area contributed by atoms with Crippen LogP contribution in [-0.4, -0.2) is 43.6 Å². The summed E-state index contributed by atoms with van der Waals surface area (Å²) >= 11 is 0. The maximum atomic E-state index is 13.7. The fourth-order valence-electron chi connectivity index (χ4n) is 3.65. The number of halogens is 4. The summed E-state index contributed by atoms with van der Waals surface area (Å²) in [5.74, 6) is -1.06. The Morgan fingerprint density at radius 1 is 1.14 bits per heavy atom. The van der Waals surface area contributed by atoms with E-state index in [1.165, 1.54) is 6.08 Å². The molecule has 0 radical (unpaired) electrons. The van der Waals surface area contributed by atoms with Gasteiger partial charge in [-0.3, -0.25) is 0 Å². The maximum absolute atomic E-state index is 13.7. The van der Waals surface area contributed by atoms with Crippen molar-refractivity contribution < 1.29 is 35.5 Å². The molecule has 1 aliphatic heterocycles. The molecule has 5 nitrogen and oxygen atoms in total. The summed E-state index contributed by atoms with van der Waals surface area (Å²) in [7, 11) is -5.62. The Hall–Kier alpha value is -2.10. The average molecular weight is 435 g/mol. The van der Waals surface area contributed by atoms with E-state index >= 15 is 0 Å². The van der Waals surface area contributed by atoms with Gasteiger partial charge in [0.15, 0.2) is 0 Å². The molecule has 10 heteroatoms. The Morgan fingerprint density at radius 3 is 2.24 bits per heavy atom. The first-order valence-electron chi connectivity index (χ1n) is 8.90. The third-order valence-corrected chi connectivity index (χ3v) is 6.25. The largest absolute Gasteiger partial charge is 0.501 e. The molecule has 0 N–H and O–H groups in total. The zero-order valence-electron chi connectivity index (χ0n) is 16.1. The molecule has 1 aliphatic carbocycles. The number of sulfone groups is 1. The van der Waals surface area contributed by atoms with Gasteiger partial charge in [0.2, 0.25) is 0 Å². The third-order valence-electron chi connectivity index (χ3n) is 4.79. The van der Waals surface area contributed by atoms with Gasteiger partial charge >= 0.3 is 11.6 Å². The smallest absolute Gasteiger partial charge is 0.444 e. The van der Waals surface area contributed by atoms with Gasteiger partial charge in [-0.05, 0) is 57.4 Å². The van der Waals surface area contributed by atoms with E-state index in [1.807, 2.05) is 0 Å². The first kappa shape index (κ1) is 21.6. The monoisotopic (exact) mass is 435 g/mol. The molecule has 1 amide bonds. The van der Waals surface area contributed by atoms with Crippen molar-refractivity contribution in [3.8, 4) is 0 Å². The lowest BCUT2D eigenvalue weighted by Gasteiger charge is -2.56. The van der Waals surface area contributed by atoms with Gasteiger partial charge in [-0.25, -0.2) is 17.6 Å². The van der Waals surface area contributed by atoms with Crippen molar-refractivity contribution in [2.24, 2.45) is 5.41 Å². The Labute approximate surface area is 166 Å². The summed E-state index contributed by atoms with van der Waals surface area (Å²) in [6, 6.07) is 2.16. The summed E-state index contributed by atoms with van der Waals surface area (Å²) < 4.78 is 80.2. The minimum absolute atomic E-state index is 0.0565. The van der Waals surface area contributed by atoms with E-state index in [0.29, 0.717) is 32.0 Å². The van der Waals surface area contributed by atoms with Gasteiger partial charge in [0.25, 0.3) is 9.84 Å². The van der Waals surface area contributed by atoms with E-state index in [-0.39, 0.29) is 11.0 Å². The van der Waals surface area contributed by atoms with Crippen LogP contribution in [0.3, 0.4) is 0 Å². The van der Waals surface area contributed by atoms with Crippen molar-refractivity contribution in [2.45, 2.75) is 49.6 Å². The molecule has 160 valence electrons. The van der Waals surface area contributed by atoms with Crippen LogP contribution < -0.4 is 0 Å². The number of hydrogen-bond donors (Lipinski definition) is 0. The number of benzene rings is 1. The zero-order chi connectivity index (χ0) is 21.8.